The summed E-state index contributed by atoms with van der Waals surface area (Å²) in [5.41, 5.74) is 0.707. The van der Waals surface area contributed by atoms with Gasteiger partial charge in [-0.1, -0.05) is 12.1 Å². The number of nitrogens with zero attached hydrogens (tertiary/aromatic N) is 3. The third-order valence-corrected chi connectivity index (χ3v) is 6.29. The van der Waals surface area contributed by atoms with Gasteiger partial charge in [-0.05, 0) is 30.4 Å². The fourth-order valence-corrected chi connectivity index (χ4v) is 4.62. The second-order valence-corrected chi connectivity index (χ2v) is 8.09. The number of halogens is 4. The molecule has 32 heavy (non-hydrogen) atoms. The Morgan fingerprint density at radius 2 is 2.00 bits per heavy atom. The van der Waals surface area contributed by atoms with Crippen molar-refractivity contribution in [3.05, 3.63) is 52.1 Å². The van der Waals surface area contributed by atoms with E-state index >= 15 is 0 Å². The van der Waals surface area contributed by atoms with Gasteiger partial charge in [-0.15, -0.1) is 0 Å². The number of methoxy groups -OCH3 is 1. The van der Waals surface area contributed by atoms with Crippen LogP contribution in [-0.2, 0) is 23.9 Å². The zero-order valence-corrected chi connectivity index (χ0v) is 17.5. The van der Waals surface area contributed by atoms with Crippen LogP contribution in [0.3, 0.4) is 0 Å². The van der Waals surface area contributed by atoms with Gasteiger partial charge in [0.15, 0.2) is 6.23 Å². The number of benzene rings is 1. The van der Waals surface area contributed by atoms with Crippen molar-refractivity contribution in [3.8, 4) is 0 Å². The summed E-state index contributed by atoms with van der Waals surface area (Å²) in [5.74, 6) is -1.73. The zero-order valence-electron chi connectivity index (χ0n) is 17.5. The van der Waals surface area contributed by atoms with Crippen LogP contribution in [0.2, 0.25) is 0 Å². The first-order chi connectivity index (χ1) is 15.2. The SMILES string of the molecule is COC(=O)N1CCc2[nH]nc(C(O)N3CCC(c4cccc(F)c4C(F)(F)F)CC3)c2C1. The lowest BCUT2D eigenvalue weighted by Crippen LogP contribution is -2.39. The minimum absolute atomic E-state index is 0.0440. The minimum atomic E-state index is -4.77. The fraction of sp³-hybridized carbons (Fsp3) is 0.524. The summed E-state index contributed by atoms with van der Waals surface area (Å²) in [4.78, 5) is 15.1. The van der Waals surface area contributed by atoms with E-state index in [2.05, 4.69) is 10.2 Å². The van der Waals surface area contributed by atoms with Crippen molar-refractivity contribution in [2.75, 3.05) is 26.7 Å². The van der Waals surface area contributed by atoms with Gasteiger partial charge in [-0.3, -0.25) is 10.00 Å². The van der Waals surface area contributed by atoms with E-state index in [-0.39, 0.29) is 12.1 Å². The van der Waals surface area contributed by atoms with Gasteiger partial charge < -0.3 is 14.7 Å². The molecule has 1 saturated heterocycles. The summed E-state index contributed by atoms with van der Waals surface area (Å²) in [5, 5.41) is 18.1. The average molecular weight is 456 g/mol. The number of aromatic amines is 1. The molecule has 1 fully saturated rings. The second-order valence-electron chi connectivity index (χ2n) is 8.09. The predicted octanol–water partition coefficient (Wildman–Crippen LogP) is 3.56. The molecule has 1 amide bonds. The summed E-state index contributed by atoms with van der Waals surface area (Å²) >= 11 is 0. The number of hydrogen-bond acceptors (Lipinski definition) is 5. The van der Waals surface area contributed by atoms with E-state index in [0.717, 1.165) is 17.3 Å². The quantitative estimate of drug-likeness (QED) is 0.691. The highest BCUT2D eigenvalue weighted by atomic mass is 19.4. The fourth-order valence-electron chi connectivity index (χ4n) is 4.62. The van der Waals surface area contributed by atoms with Crippen LogP contribution in [0.4, 0.5) is 22.4 Å². The van der Waals surface area contributed by atoms with Gasteiger partial charge in [0.25, 0.3) is 0 Å². The molecule has 7 nitrogen and oxygen atoms in total. The summed E-state index contributed by atoms with van der Waals surface area (Å²) in [6.45, 7) is 1.36. The van der Waals surface area contributed by atoms with Crippen LogP contribution >= 0.6 is 0 Å². The van der Waals surface area contributed by atoms with Gasteiger partial charge in [0.05, 0.1) is 19.2 Å². The molecule has 3 heterocycles. The third kappa shape index (κ3) is 4.18. The lowest BCUT2D eigenvalue weighted by Gasteiger charge is -2.36. The molecular weight excluding hydrogens is 432 g/mol. The Hall–Kier alpha value is -2.66. The summed E-state index contributed by atoms with van der Waals surface area (Å²) in [7, 11) is 1.30. The first-order valence-corrected chi connectivity index (χ1v) is 10.4. The van der Waals surface area contributed by atoms with Crippen LogP contribution in [-0.4, -0.2) is 57.9 Å². The number of alkyl halides is 3. The highest BCUT2D eigenvalue weighted by Gasteiger charge is 2.40. The smallest absolute Gasteiger partial charge is 0.419 e. The molecule has 1 atom stereocenters. The van der Waals surface area contributed by atoms with Crippen molar-refractivity contribution >= 4 is 6.09 Å². The summed E-state index contributed by atoms with van der Waals surface area (Å²) < 4.78 is 58.9. The standard InChI is InChI=1S/C21H24F4N4O3/c1-32-20(31)29-10-7-16-14(11-29)18(27-26-16)19(30)28-8-5-12(6-9-28)13-3-2-4-15(22)17(13)21(23,24)25/h2-4,12,19,30H,5-11H2,1H3,(H,26,27). The molecule has 0 aliphatic carbocycles. The lowest BCUT2D eigenvalue weighted by molar-refractivity contribution is -0.141. The van der Waals surface area contributed by atoms with E-state index in [4.69, 9.17) is 4.74 Å². The molecule has 2 aromatic rings. The van der Waals surface area contributed by atoms with Gasteiger partial charge in [-0.25, -0.2) is 9.18 Å². The van der Waals surface area contributed by atoms with Gasteiger partial charge in [0, 0.05) is 37.3 Å². The zero-order chi connectivity index (χ0) is 23.0. The second kappa shape index (κ2) is 8.70. The van der Waals surface area contributed by atoms with Gasteiger partial charge in [0.2, 0.25) is 0 Å². The number of piperidine rings is 1. The van der Waals surface area contributed by atoms with Crippen LogP contribution in [0.15, 0.2) is 18.2 Å². The molecule has 2 N–H and O–H groups in total. The van der Waals surface area contributed by atoms with Crippen molar-refractivity contribution in [2.45, 2.75) is 44.1 Å². The van der Waals surface area contributed by atoms with Crippen molar-refractivity contribution in [2.24, 2.45) is 0 Å². The van der Waals surface area contributed by atoms with Crippen molar-refractivity contribution in [1.29, 1.82) is 0 Å². The monoisotopic (exact) mass is 456 g/mol. The Kier molecular flexibility index (Phi) is 6.13. The van der Waals surface area contributed by atoms with Gasteiger partial charge >= 0.3 is 12.3 Å². The Morgan fingerprint density at radius 1 is 1.28 bits per heavy atom. The maximum absolute atomic E-state index is 13.9. The number of carbonyl (C=O) groups excluding carboxylic acids is 1. The number of aliphatic hydroxyl groups excluding tert-OH is 1. The molecule has 4 rings (SSSR count). The molecule has 2 aliphatic heterocycles. The molecule has 0 saturated carbocycles. The number of amides is 1. The molecular formula is C21H24F4N4O3. The molecule has 0 radical (unpaired) electrons. The largest absolute Gasteiger partial charge is 0.453 e. The Balaban J connectivity index is 1.47. The highest BCUT2D eigenvalue weighted by Crippen LogP contribution is 2.41. The number of hydrogen-bond donors (Lipinski definition) is 2. The molecule has 1 aromatic heterocycles. The normalized spacial score (nSPS) is 19.0. The van der Waals surface area contributed by atoms with E-state index in [1.54, 1.807) is 4.90 Å². The predicted molar refractivity (Wildman–Crippen MR) is 105 cm³/mol. The van der Waals surface area contributed by atoms with Crippen LogP contribution < -0.4 is 0 Å². The van der Waals surface area contributed by atoms with Crippen LogP contribution in [0, 0.1) is 5.82 Å². The van der Waals surface area contributed by atoms with Crippen molar-refractivity contribution < 1.29 is 32.2 Å². The van der Waals surface area contributed by atoms with Gasteiger partial charge in [0.1, 0.15) is 11.5 Å². The van der Waals surface area contributed by atoms with Crippen molar-refractivity contribution in [3.63, 3.8) is 0 Å². The van der Waals surface area contributed by atoms with E-state index in [0.29, 0.717) is 44.6 Å². The van der Waals surface area contributed by atoms with Crippen LogP contribution in [0.5, 0.6) is 0 Å². The molecule has 174 valence electrons. The number of likely N-dealkylation sites (tertiary alicyclic amines) is 1. The van der Waals surface area contributed by atoms with E-state index in [1.807, 2.05) is 0 Å². The average Bonchev–Trinajstić information content (AvgIpc) is 3.20. The molecule has 1 aromatic carbocycles. The topological polar surface area (TPSA) is 81.7 Å². The molecule has 1 unspecified atom stereocenters. The first kappa shape index (κ1) is 22.5. The highest BCUT2D eigenvalue weighted by molar-refractivity contribution is 5.68. The number of nitrogens with one attached hydrogen (secondary N) is 1. The Labute approximate surface area is 182 Å². The number of ether oxygens (including phenoxy) is 1. The first-order valence-electron chi connectivity index (χ1n) is 10.4. The van der Waals surface area contributed by atoms with Crippen LogP contribution in [0.25, 0.3) is 0 Å². The summed E-state index contributed by atoms with van der Waals surface area (Å²) in [6, 6.07) is 3.45. The minimum Gasteiger partial charge on any atom is -0.453 e. The number of carbonyl (C=O) groups is 1. The number of rotatable bonds is 3. The Morgan fingerprint density at radius 3 is 2.66 bits per heavy atom. The number of fused-ring (bicyclic) bond motifs is 1. The van der Waals surface area contributed by atoms with E-state index in [1.165, 1.54) is 24.1 Å². The number of aromatic nitrogens is 2. The third-order valence-electron chi connectivity index (χ3n) is 6.29. The maximum Gasteiger partial charge on any atom is 0.419 e. The number of aliphatic hydroxyl groups is 1. The van der Waals surface area contributed by atoms with E-state index in [9.17, 15) is 27.5 Å². The summed E-state index contributed by atoms with van der Waals surface area (Å²) in [6.07, 6.45) is -5.07. The molecule has 0 spiro atoms. The molecule has 11 heteroatoms. The molecule has 0 bridgehead atoms. The Bertz CT molecular complexity index is 986. The maximum atomic E-state index is 13.9. The van der Waals surface area contributed by atoms with Gasteiger partial charge in [-0.2, -0.15) is 18.3 Å². The van der Waals surface area contributed by atoms with Crippen LogP contribution in [0.1, 0.15) is 53.1 Å². The lowest BCUT2D eigenvalue weighted by atomic mass is 9.86. The van der Waals surface area contributed by atoms with E-state index < -0.39 is 35.8 Å². The number of H-pyrrole nitrogens is 1. The molecule has 2 aliphatic rings. The van der Waals surface area contributed by atoms with Crippen molar-refractivity contribution in [1.82, 2.24) is 20.0 Å².